The van der Waals surface area contributed by atoms with E-state index in [0.29, 0.717) is 11.4 Å². The Bertz CT molecular complexity index is 3400. The highest BCUT2D eigenvalue weighted by Crippen LogP contribution is 2.42. The van der Waals surface area contributed by atoms with E-state index in [2.05, 4.69) is 175 Å². The molecule has 0 amide bonds. The van der Waals surface area contributed by atoms with E-state index in [9.17, 15) is 0 Å². The van der Waals surface area contributed by atoms with Crippen molar-refractivity contribution in [3.63, 3.8) is 0 Å². The van der Waals surface area contributed by atoms with Gasteiger partial charge in [0, 0.05) is 43.9 Å². The highest BCUT2D eigenvalue weighted by molar-refractivity contribution is 6.15. The maximum Gasteiger partial charge on any atom is 0.189 e. The summed E-state index contributed by atoms with van der Waals surface area (Å²) in [7, 11) is 0. The van der Waals surface area contributed by atoms with Crippen molar-refractivity contribution in [2.75, 3.05) is 0 Å². The van der Waals surface area contributed by atoms with Crippen molar-refractivity contribution >= 4 is 76.8 Å². The molecule has 3 aromatic heterocycles. The van der Waals surface area contributed by atoms with Crippen LogP contribution in [0.15, 0.2) is 176 Å². The van der Waals surface area contributed by atoms with Crippen LogP contribution < -0.4 is 0 Å². The van der Waals surface area contributed by atoms with Crippen LogP contribution in [0.1, 0.15) is 0 Å². The summed E-state index contributed by atoms with van der Waals surface area (Å²) in [5, 5.41) is 6.91. The van der Waals surface area contributed by atoms with Gasteiger partial charge < -0.3 is 13.7 Å². The summed E-state index contributed by atoms with van der Waals surface area (Å²) in [4.78, 5) is 7.58. The molecule has 0 aliphatic rings. The lowest BCUT2D eigenvalue weighted by molar-refractivity contribution is 1.13. The van der Waals surface area contributed by atoms with Gasteiger partial charge in [-0.25, -0.2) is 9.69 Å². The minimum absolute atomic E-state index is 0.602. The minimum Gasteiger partial charge on any atom is -0.310 e. The third kappa shape index (κ3) is 4.45. The molecule has 5 heteroatoms. The number of hydrogen-bond donors (Lipinski definition) is 0. The molecule has 0 saturated heterocycles. The molecule has 0 aliphatic carbocycles. The molecule has 0 N–H and O–H groups in total. The molecule has 0 spiro atoms. The van der Waals surface area contributed by atoms with Gasteiger partial charge in [-0.15, -0.1) is 0 Å². The quantitative estimate of drug-likeness (QED) is 0.163. The molecule has 5 nitrogen and oxygen atoms in total. The van der Waals surface area contributed by atoms with Crippen molar-refractivity contribution in [1.29, 1.82) is 0 Å². The Balaban J connectivity index is 1.14. The van der Waals surface area contributed by atoms with Crippen molar-refractivity contribution in [1.82, 2.24) is 13.7 Å². The Hall–Kier alpha value is -7.86. The highest BCUT2D eigenvalue weighted by Gasteiger charge is 2.21. The van der Waals surface area contributed by atoms with E-state index in [4.69, 9.17) is 13.1 Å². The molecule has 0 unspecified atom stereocenters. The zero-order chi connectivity index (χ0) is 36.6. The number of hydrogen-bond acceptors (Lipinski definition) is 0. The van der Waals surface area contributed by atoms with Gasteiger partial charge in [-0.3, -0.25) is 0 Å². The van der Waals surface area contributed by atoms with Gasteiger partial charge in [0.15, 0.2) is 11.4 Å². The summed E-state index contributed by atoms with van der Waals surface area (Å²) in [5.74, 6) is 0. The van der Waals surface area contributed by atoms with Crippen molar-refractivity contribution in [2.24, 2.45) is 0 Å². The molecule has 11 rings (SSSR count). The van der Waals surface area contributed by atoms with Gasteiger partial charge in [0.25, 0.3) is 0 Å². The average molecular weight is 700 g/mol. The standard InChI is InChI=1S/C50H29N5/c1-51-33-25-29-47-42(30-33)40-15-6-10-20-46(40)54(47)48-21-11-16-41-39-14-5-7-17-43(39)53(50(41)48)35-26-22-32(23-27-35)36-28-24-34(52-2)31-49(36)55-44-18-8-3-12-37(44)38-13-4-9-19-45(38)55/h3-31H. The van der Waals surface area contributed by atoms with Crippen LogP contribution >= 0.6 is 0 Å². The highest BCUT2D eigenvalue weighted by atomic mass is 15.1. The van der Waals surface area contributed by atoms with Crippen molar-refractivity contribution in [2.45, 2.75) is 0 Å². The number of aromatic nitrogens is 3. The summed E-state index contributed by atoms with van der Waals surface area (Å²) in [6, 6.07) is 61.5. The molecule has 0 atom stereocenters. The maximum atomic E-state index is 7.88. The molecular weight excluding hydrogens is 671 g/mol. The summed E-state index contributed by atoms with van der Waals surface area (Å²) in [5.41, 5.74) is 13.1. The predicted octanol–water partition coefficient (Wildman–Crippen LogP) is 13.7. The number of fused-ring (bicyclic) bond motifs is 9. The first-order chi connectivity index (χ1) is 27.2. The molecule has 3 heterocycles. The van der Waals surface area contributed by atoms with Gasteiger partial charge >= 0.3 is 0 Å². The van der Waals surface area contributed by atoms with Crippen LogP contribution in [-0.2, 0) is 0 Å². The van der Waals surface area contributed by atoms with Crippen LogP contribution in [0.5, 0.6) is 0 Å². The summed E-state index contributed by atoms with van der Waals surface area (Å²) in [6.45, 7) is 15.6. The van der Waals surface area contributed by atoms with Crippen LogP contribution in [0, 0.1) is 13.1 Å². The lowest BCUT2D eigenvalue weighted by Gasteiger charge is -2.17. The zero-order valence-electron chi connectivity index (χ0n) is 29.5. The molecular formula is C50H29N5. The first kappa shape index (κ1) is 30.7. The second kappa shape index (κ2) is 11.8. The van der Waals surface area contributed by atoms with Crippen LogP contribution in [0.3, 0.4) is 0 Å². The Kier molecular flexibility index (Phi) is 6.61. The largest absolute Gasteiger partial charge is 0.310 e. The van der Waals surface area contributed by atoms with Gasteiger partial charge in [0.2, 0.25) is 0 Å². The first-order valence-electron chi connectivity index (χ1n) is 18.3. The summed E-state index contributed by atoms with van der Waals surface area (Å²) >= 11 is 0. The average Bonchev–Trinajstić information content (AvgIpc) is 3.89. The smallest absolute Gasteiger partial charge is 0.189 e. The molecule has 0 fully saturated rings. The first-order valence-corrected chi connectivity index (χ1v) is 18.3. The van der Waals surface area contributed by atoms with Crippen molar-refractivity contribution < 1.29 is 0 Å². The van der Waals surface area contributed by atoms with Gasteiger partial charge in [-0.05, 0) is 71.6 Å². The SMILES string of the molecule is [C-]#[N+]c1ccc(-c2ccc(-n3c4ccccc4c4cccc(-n5c6ccccc6c6cc([N+]#[C-])ccc65)c43)cc2)c(-n2c3ccccc3c3ccccc32)c1. The third-order valence-corrected chi connectivity index (χ3v) is 11.1. The van der Waals surface area contributed by atoms with Gasteiger partial charge in [0.05, 0.1) is 51.9 Å². The second-order valence-corrected chi connectivity index (χ2v) is 13.9. The second-order valence-electron chi connectivity index (χ2n) is 13.9. The van der Waals surface area contributed by atoms with Crippen LogP contribution in [0.4, 0.5) is 11.4 Å². The summed E-state index contributed by atoms with van der Waals surface area (Å²) in [6.07, 6.45) is 0. The lowest BCUT2D eigenvalue weighted by Crippen LogP contribution is -2.01. The van der Waals surface area contributed by atoms with Crippen molar-refractivity contribution in [3.05, 3.63) is 199 Å². The Morgan fingerprint density at radius 3 is 1.44 bits per heavy atom. The van der Waals surface area contributed by atoms with Gasteiger partial charge in [-0.2, -0.15) is 0 Å². The molecule has 8 aromatic carbocycles. The van der Waals surface area contributed by atoms with E-state index in [-0.39, 0.29) is 0 Å². The lowest BCUT2D eigenvalue weighted by atomic mass is 10.0. The number of benzene rings is 8. The van der Waals surface area contributed by atoms with Crippen LogP contribution in [0.2, 0.25) is 0 Å². The topological polar surface area (TPSA) is 23.5 Å². The molecule has 254 valence electrons. The molecule has 0 aliphatic heterocycles. The van der Waals surface area contributed by atoms with E-state index in [0.717, 1.165) is 72.1 Å². The molecule has 11 aromatic rings. The Morgan fingerprint density at radius 2 is 0.818 bits per heavy atom. The van der Waals surface area contributed by atoms with Crippen molar-refractivity contribution in [3.8, 4) is 28.2 Å². The molecule has 55 heavy (non-hydrogen) atoms. The van der Waals surface area contributed by atoms with Gasteiger partial charge in [-0.1, -0.05) is 115 Å². The molecule has 0 saturated carbocycles. The fourth-order valence-electron chi connectivity index (χ4n) is 8.73. The van der Waals surface area contributed by atoms with E-state index in [1.807, 2.05) is 24.3 Å². The normalized spacial score (nSPS) is 11.6. The maximum absolute atomic E-state index is 7.88. The van der Waals surface area contributed by atoms with Gasteiger partial charge in [0.1, 0.15) is 0 Å². The van der Waals surface area contributed by atoms with E-state index >= 15 is 0 Å². The Labute approximate surface area is 316 Å². The number of rotatable bonds is 4. The van der Waals surface area contributed by atoms with Crippen LogP contribution in [-0.4, -0.2) is 13.7 Å². The molecule has 0 bridgehead atoms. The molecule has 0 radical (unpaired) electrons. The summed E-state index contributed by atoms with van der Waals surface area (Å²) < 4.78 is 7.03. The third-order valence-electron chi connectivity index (χ3n) is 11.1. The fourth-order valence-corrected chi connectivity index (χ4v) is 8.73. The zero-order valence-corrected chi connectivity index (χ0v) is 29.5. The Morgan fingerprint density at radius 1 is 0.345 bits per heavy atom. The number of nitrogens with zero attached hydrogens (tertiary/aromatic N) is 5. The number of para-hydroxylation sites is 5. The van der Waals surface area contributed by atoms with E-state index < -0.39 is 0 Å². The predicted molar refractivity (Wildman–Crippen MR) is 227 cm³/mol. The van der Waals surface area contributed by atoms with Crippen LogP contribution in [0.25, 0.3) is 103 Å². The van der Waals surface area contributed by atoms with E-state index in [1.165, 1.54) is 21.5 Å². The minimum atomic E-state index is 0.602. The van der Waals surface area contributed by atoms with E-state index in [1.54, 1.807) is 0 Å². The monoisotopic (exact) mass is 699 g/mol. The fraction of sp³-hybridized carbons (Fsp3) is 0.